The molecule has 0 aromatic heterocycles. The van der Waals surface area contributed by atoms with Crippen LogP contribution in [0.1, 0.15) is 43.6 Å². The van der Waals surface area contributed by atoms with Gasteiger partial charge in [-0.25, -0.2) is 0 Å². The van der Waals surface area contributed by atoms with Crippen molar-refractivity contribution in [2.45, 2.75) is 38.0 Å². The third kappa shape index (κ3) is 2.26. The van der Waals surface area contributed by atoms with E-state index in [4.69, 9.17) is 0 Å². The topological polar surface area (TPSA) is 20.2 Å². The molecule has 2 aliphatic rings. The lowest BCUT2D eigenvalue weighted by Crippen LogP contribution is -2.16. The summed E-state index contributed by atoms with van der Waals surface area (Å²) < 4.78 is 0. The molecule has 1 nitrogen and oxygen atoms in total. The lowest BCUT2D eigenvalue weighted by Gasteiger charge is -2.26. The molecule has 2 bridgehead atoms. The maximum Gasteiger partial charge on any atom is 0.0499 e. The van der Waals surface area contributed by atoms with Crippen LogP contribution in [0.25, 0.3) is 0 Å². The standard InChI is InChI=1S/C16H22O/c17-11-16(13-4-2-1-3-5-13)10-15-9-12-6-7-14(15)8-12/h1-5,12,14-17H,6-11H2. The lowest BCUT2D eigenvalue weighted by molar-refractivity contribution is 0.219. The van der Waals surface area contributed by atoms with Gasteiger partial charge < -0.3 is 5.11 Å². The summed E-state index contributed by atoms with van der Waals surface area (Å²) in [5.41, 5.74) is 1.32. The van der Waals surface area contributed by atoms with Crippen LogP contribution < -0.4 is 0 Å². The number of aliphatic hydroxyl groups excluding tert-OH is 1. The Labute approximate surface area is 104 Å². The Morgan fingerprint density at radius 2 is 1.94 bits per heavy atom. The van der Waals surface area contributed by atoms with Crippen molar-refractivity contribution >= 4 is 0 Å². The van der Waals surface area contributed by atoms with E-state index in [0.717, 1.165) is 17.8 Å². The van der Waals surface area contributed by atoms with E-state index in [-0.39, 0.29) is 0 Å². The number of benzene rings is 1. The molecule has 17 heavy (non-hydrogen) atoms. The average Bonchev–Trinajstić information content (AvgIpc) is 2.99. The van der Waals surface area contributed by atoms with E-state index in [0.29, 0.717) is 12.5 Å². The van der Waals surface area contributed by atoms with Gasteiger partial charge in [0.2, 0.25) is 0 Å². The third-order valence-corrected chi connectivity index (χ3v) is 4.96. The summed E-state index contributed by atoms with van der Waals surface area (Å²) in [7, 11) is 0. The Morgan fingerprint density at radius 3 is 2.53 bits per heavy atom. The van der Waals surface area contributed by atoms with E-state index in [1.807, 2.05) is 0 Å². The summed E-state index contributed by atoms with van der Waals surface area (Å²) >= 11 is 0. The van der Waals surface area contributed by atoms with Gasteiger partial charge in [-0.05, 0) is 49.0 Å². The van der Waals surface area contributed by atoms with E-state index < -0.39 is 0 Å². The van der Waals surface area contributed by atoms with E-state index in [2.05, 4.69) is 30.3 Å². The Morgan fingerprint density at radius 1 is 1.12 bits per heavy atom. The minimum Gasteiger partial charge on any atom is -0.396 e. The lowest BCUT2D eigenvalue weighted by atomic mass is 9.80. The average molecular weight is 230 g/mol. The van der Waals surface area contributed by atoms with Gasteiger partial charge in [-0.3, -0.25) is 0 Å². The molecule has 0 saturated heterocycles. The molecular formula is C16H22O. The number of aliphatic hydroxyl groups is 1. The molecule has 0 heterocycles. The summed E-state index contributed by atoms with van der Waals surface area (Å²) in [6.07, 6.45) is 7.01. The number of hydrogen-bond acceptors (Lipinski definition) is 1. The van der Waals surface area contributed by atoms with Crippen LogP contribution in [-0.4, -0.2) is 11.7 Å². The van der Waals surface area contributed by atoms with Gasteiger partial charge in [0, 0.05) is 12.5 Å². The van der Waals surface area contributed by atoms with Crippen molar-refractivity contribution in [3.8, 4) is 0 Å². The van der Waals surface area contributed by atoms with Gasteiger partial charge in [0.05, 0.1) is 0 Å². The molecule has 4 unspecified atom stereocenters. The van der Waals surface area contributed by atoms with Crippen molar-refractivity contribution in [1.82, 2.24) is 0 Å². The fourth-order valence-electron chi connectivity index (χ4n) is 4.07. The molecule has 1 aromatic rings. The van der Waals surface area contributed by atoms with Gasteiger partial charge in [-0.2, -0.15) is 0 Å². The first-order valence-electron chi connectivity index (χ1n) is 7.02. The molecule has 1 heteroatoms. The van der Waals surface area contributed by atoms with Crippen molar-refractivity contribution in [3.63, 3.8) is 0 Å². The third-order valence-electron chi connectivity index (χ3n) is 4.96. The number of hydrogen-bond donors (Lipinski definition) is 1. The number of rotatable bonds is 4. The van der Waals surface area contributed by atoms with Gasteiger partial charge in [-0.1, -0.05) is 36.8 Å². The van der Waals surface area contributed by atoms with Crippen molar-refractivity contribution < 1.29 is 5.11 Å². The van der Waals surface area contributed by atoms with Crippen LogP contribution in [0.4, 0.5) is 0 Å². The highest BCUT2D eigenvalue weighted by molar-refractivity contribution is 5.19. The van der Waals surface area contributed by atoms with Gasteiger partial charge in [0.25, 0.3) is 0 Å². The van der Waals surface area contributed by atoms with Crippen LogP contribution in [0, 0.1) is 17.8 Å². The molecule has 0 amide bonds. The molecule has 1 aromatic carbocycles. The highest BCUT2D eigenvalue weighted by atomic mass is 16.3. The fourth-order valence-corrected chi connectivity index (χ4v) is 4.07. The molecule has 2 saturated carbocycles. The Bertz CT molecular complexity index is 359. The zero-order chi connectivity index (χ0) is 11.7. The molecule has 0 spiro atoms. The number of fused-ring (bicyclic) bond motifs is 2. The van der Waals surface area contributed by atoms with E-state index in [1.54, 1.807) is 0 Å². The zero-order valence-corrected chi connectivity index (χ0v) is 10.4. The first-order valence-corrected chi connectivity index (χ1v) is 7.02. The Hall–Kier alpha value is -0.820. The van der Waals surface area contributed by atoms with E-state index in [1.165, 1.54) is 37.7 Å². The van der Waals surface area contributed by atoms with Crippen molar-refractivity contribution in [1.29, 1.82) is 0 Å². The minimum absolute atomic E-state index is 0.303. The summed E-state index contributed by atoms with van der Waals surface area (Å²) in [6.45, 7) is 0.303. The minimum atomic E-state index is 0.303. The summed E-state index contributed by atoms with van der Waals surface area (Å²) in [5.74, 6) is 3.23. The smallest absolute Gasteiger partial charge is 0.0499 e. The van der Waals surface area contributed by atoms with Gasteiger partial charge in [-0.15, -0.1) is 0 Å². The Balaban J connectivity index is 1.67. The Kier molecular flexibility index (Phi) is 3.19. The van der Waals surface area contributed by atoms with Crippen LogP contribution in [0.2, 0.25) is 0 Å². The molecule has 0 aliphatic heterocycles. The summed E-state index contributed by atoms with van der Waals surface area (Å²) in [6, 6.07) is 10.5. The van der Waals surface area contributed by atoms with Crippen LogP contribution in [0.3, 0.4) is 0 Å². The molecule has 0 radical (unpaired) electrons. The van der Waals surface area contributed by atoms with Crippen LogP contribution in [0.15, 0.2) is 30.3 Å². The van der Waals surface area contributed by atoms with Gasteiger partial charge in [0.15, 0.2) is 0 Å². The molecule has 2 fully saturated rings. The monoisotopic (exact) mass is 230 g/mol. The highest BCUT2D eigenvalue weighted by Gasteiger charge is 2.40. The first-order chi connectivity index (χ1) is 8.36. The summed E-state index contributed by atoms with van der Waals surface area (Å²) in [5, 5.41) is 9.61. The van der Waals surface area contributed by atoms with Crippen LogP contribution in [0.5, 0.6) is 0 Å². The first kappa shape index (κ1) is 11.3. The van der Waals surface area contributed by atoms with Gasteiger partial charge in [0.1, 0.15) is 0 Å². The maximum absolute atomic E-state index is 9.61. The normalized spacial score (nSPS) is 32.9. The molecule has 3 rings (SSSR count). The van der Waals surface area contributed by atoms with Crippen molar-refractivity contribution in [2.75, 3.05) is 6.61 Å². The predicted molar refractivity (Wildman–Crippen MR) is 69.8 cm³/mol. The van der Waals surface area contributed by atoms with Crippen molar-refractivity contribution in [2.24, 2.45) is 17.8 Å². The van der Waals surface area contributed by atoms with Crippen LogP contribution >= 0.6 is 0 Å². The molecule has 2 aliphatic carbocycles. The fraction of sp³-hybridized carbons (Fsp3) is 0.625. The van der Waals surface area contributed by atoms with Crippen LogP contribution in [-0.2, 0) is 0 Å². The zero-order valence-electron chi connectivity index (χ0n) is 10.4. The van der Waals surface area contributed by atoms with Gasteiger partial charge >= 0.3 is 0 Å². The second kappa shape index (κ2) is 4.81. The summed E-state index contributed by atoms with van der Waals surface area (Å²) in [4.78, 5) is 0. The molecule has 4 atom stereocenters. The molecule has 92 valence electrons. The largest absolute Gasteiger partial charge is 0.396 e. The SMILES string of the molecule is OCC(CC1CC2CCC1C2)c1ccccc1. The van der Waals surface area contributed by atoms with E-state index >= 15 is 0 Å². The molecule has 1 N–H and O–H groups in total. The second-order valence-electron chi connectivity index (χ2n) is 5.96. The quantitative estimate of drug-likeness (QED) is 0.838. The predicted octanol–water partition coefficient (Wildman–Crippen LogP) is 3.59. The van der Waals surface area contributed by atoms with Crippen molar-refractivity contribution in [3.05, 3.63) is 35.9 Å². The maximum atomic E-state index is 9.61. The molecular weight excluding hydrogens is 208 g/mol. The highest BCUT2D eigenvalue weighted by Crippen LogP contribution is 2.51. The second-order valence-corrected chi connectivity index (χ2v) is 5.96. The van der Waals surface area contributed by atoms with E-state index in [9.17, 15) is 5.11 Å².